The van der Waals surface area contributed by atoms with E-state index >= 15 is 0 Å². The maximum Gasteiger partial charge on any atom is 0.0608 e. The first kappa shape index (κ1) is 15.7. The molecule has 1 aliphatic heterocycles. The van der Waals surface area contributed by atoms with Crippen LogP contribution in [0.15, 0.2) is 54.6 Å². The molecule has 2 aliphatic rings. The van der Waals surface area contributed by atoms with Crippen LogP contribution in [0.5, 0.6) is 0 Å². The van der Waals surface area contributed by atoms with E-state index in [2.05, 4.69) is 92.6 Å². The molecule has 2 aromatic carbocycles. The van der Waals surface area contributed by atoms with Crippen molar-refractivity contribution in [3.8, 4) is 0 Å². The zero-order chi connectivity index (χ0) is 18.1. The summed E-state index contributed by atoms with van der Waals surface area (Å²) in [5.41, 5.74) is 8.25. The van der Waals surface area contributed by atoms with Crippen molar-refractivity contribution in [2.45, 2.75) is 45.6 Å². The normalized spacial score (nSPS) is 26.2. The van der Waals surface area contributed by atoms with Gasteiger partial charge >= 0.3 is 0 Å². The second-order valence-electron chi connectivity index (χ2n) is 8.93. The summed E-state index contributed by atoms with van der Waals surface area (Å²) in [7, 11) is 0. The molecule has 26 heavy (non-hydrogen) atoms. The van der Waals surface area contributed by atoms with Gasteiger partial charge in [-0.25, -0.2) is 0 Å². The summed E-state index contributed by atoms with van der Waals surface area (Å²) in [4.78, 5) is 3.58. The predicted octanol–water partition coefficient (Wildman–Crippen LogP) is 6.26. The highest BCUT2D eigenvalue weighted by atomic mass is 15.0. The predicted molar refractivity (Wildman–Crippen MR) is 111 cm³/mol. The highest BCUT2D eigenvalue weighted by Gasteiger charge is 2.51. The minimum atomic E-state index is -0.0500. The van der Waals surface area contributed by atoms with Gasteiger partial charge in [-0.3, -0.25) is 0 Å². The largest absolute Gasteiger partial charge is 0.376 e. The first-order valence-electron chi connectivity index (χ1n) is 9.56. The Bertz CT molecular complexity index is 1050. The number of nitrogens with one attached hydrogen (secondary N) is 2. The van der Waals surface area contributed by atoms with Crippen LogP contribution in [-0.2, 0) is 0 Å². The SMILES string of the molecule is Cc1[nH]c2ccccc2c1C1=C[C@]2(C)Nc3ccccc3[C@@H]2C(C)(C)C1. The van der Waals surface area contributed by atoms with E-state index in [9.17, 15) is 0 Å². The van der Waals surface area contributed by atoms with Gasteiger partial charge in [0, 0.05) is 33.8 Å². The minimum Gasteiger partial charge on any atom is -0.376 e. The molecular formula is C24H26N2. The topological polar surface area (TPSA) is 27.8 Å². The van der Waals surface area contributed by atoms with Crippen molar-refractivity contribution in [1.29, 1.82) is 0 Å². The number of hydrogen-bond donors (Lipinski definition) is 2. The van der Waals surface area contributed by atoms with Crippen molar-refractivity contribution < 1.29 is 0 Å². The number of aryl methyl sites for hydroxylation is 1. The Morgan fingerprint density at radius 2 is 1.69 bits per heavy atom. The summed E-state index contributed by atoms with van der Waals surface area (Å²) in [6.45, 7) is 9.42. The van der Waals surface area contributed by atoms with Gasteiger partial charge in [0.05, 0.1) is 5.54 Å². The maximum atomic E-state index is 3.84. The van der Waals surface area contributed by atoms with E-state index in [1.165, 1.54) is 39.0 Å². The van der Waals surface area contributed by atoms with Gasteiger partial charge in [0.25, 0.3) is 0 Å². The third kappa shape index (κ3) is 2.05. The highest BCUT2D eigenvalue weighted by Crippen LogP contribution is 2.59. The molecule has 0 saturated carbocycles. The van der Waals surface area contributed by atoms with E-state index in [0.29, 0.717) is 5.92 Å². The van der Waals surface area contributed by atoms with E-state index in [1.807, 2.05) is 0 Å². The zero-order valence-corrected chi connectivity index (χ0v) is 16.0. The minimum absolute atomic E-state index is 0.0500. The molecule has 2 heteroatoms. The number of fused-ring (bicyclic) bond motifs is 4. The summed E-state index contributed by atoms with van der Waals surface area (Å²) in [6.07, 6.45) is 3.59. The molecule has 2 nitrogen and oxygen atoms in total. The van der Waals surface area contributed by atoms with Crippen LogP contribution in [0.25, 0.3) is 16.5 Å². The van der Waals surface area contributed by atoms with E-state index in [4.69, 9.17) is 0 Å². The van der Waals surface area contributed by atoms with Crippen LogP contribution in [0.4, 0.5) is 5.69 Å². The van der Waals surface area contributed by atoms with Gasteiger partial charge in [-0.1, -0.05) is 56.3 Å². The van der Waals surface area contributed by atoms with Crippen LogP contribution >= 0.6 is 0 Å². The summed E-state index contributed by atoms with van der Waals surface area (Å²) in [5.74, 6) is 0.487. The van der Waals surface area contributed by atoms with Crippen LogP contribution in [-0.4, -0.2) is 10.5 Å². The summed E-state index contributed by atoms with van der Waals surface area (Å²) in [6, 6.07) is 17.5. The van der Waals surface area contributed by atoms with Gasteiger partial charge in [0.1, 0.15) is 0 Å². The van der Waals surface area contributed by atoms with Gasteiger partial charge in [0.2, 0.25) is 0 Å². The molecule has 0 saturated heterocycles. The van der Waals surface area contributed by atoms with Crippen molar-refractivity contribution in [2.75, 3.05) is 5.32 Å². The maximum absolute atomic E-state index is 3.84. The molecule has 0 fully saturated rings. The first-order valence-corrected chi connectivity index (χ1v) is 9.56. The molecule has 0 radical (unpaired) electrons. The van der Waals surface area contributed by atoms with Crippen molar-refractivity contribution in [1.82, 2.24) is 4.98 Å². The van der Waals surface area contributed by atoms with Crippen LogP contribution in [0.1, 0.15) is 49.9 Å². The standard InChI is InChI=1S/C24H26N2/c1-15-21(17-9-5-7-11-19(17)25-15)16-13-23(2,3)22-18-10-6-8-12-20(18)26-24(22,4)14-16/h5-12,14,22,25-26H,13H2,1-4H3/t22-,24+/m1/s1. The second-order valence-corrected chi connectivity index (χ2v) is 8.93. The molecule has 132 valence electrons. The van der Waals surface area contributed by atoms with Crippen LogP contribution in [0, 0.1) is 12.3 Å². The Hall–Kier alpha value is -2.48. The third-order valence-electron chi connectivity index (χ3n) is 6.39. The quantitative estimate of drug-likeness (QED) is 0.537. The lowest BCUT2D eigenvalue weighted by Gasteiger charge is -2.46. The number of para-hydroxylation sites is 2. The zero-order valence-electron chi connectivity index (χ0n) is 16.0. The molecule has 5 rings (SSSR count). The average Bonchev–Trinajstić information content (AvgIpc) is 3.06. The van der Waals surface area contributed by atoms with Gasteiger partial charge in [0.15, 0.2) is 0 Å². The molecule has 2 heterocycles. The lowest BCUT2D eigenvalue weighted by Crippen LogP contribution is -2.44. The van der Waals surface area contributed by atoms with Crippen molar-refractivity contribution in [3.63, 3.8) is 0 Å². The van der Waals surface area contributed by atoms with Gasteiger partial charge in [-0.15, -0.1) is 0 Å². The van der Waals surface area contributed by atoms with E-state index < -0.39 is 0 Å². The monoisotopic (exact) mass is 342 g/mol. The average molecular weight is 342 g/mol. The van der Waals surface area contributed by atoms with E-state index in [0.717, 1.165) is 6.42 Å². The number of H-pyrrole nitrogens is 1. The van der Waals surface area contributed by atoms with Crippen LogP contribution < -0.4 is 5.32 Å². The summed E-state index contributed by atoms with van der Waals surface area (Å²) in [5, 5.41) is 5.18. The van der Waals surface area contributed by atoms with E-state index in [-0.39, 0.29) is 11.0 Å². The number of aromatic nitrogens is 1. The first-order chi connectivity index (χ1) is 12.4. The molecule has 0 amide bonds. The van der Waals surface area contributed by atoms with Gasteiger partial charge in [-0.05, 0) is 49.0 Å². The molecule has 2 atom stereocenters. The molecule has 0 bridgehead atoms. The molecule has 0 spiro atoms. The van der Waals surface area contributed by atoms with Gasteiger partial charge < -0.3 is 10.3 Å². The number of rotatable bonds is 1. The fraction of sp³-hybridized carbons (Fsp3) is 0.333. The van der Waals surface area contributed by atoms with Crippen LogP contribution in [0.2, 0.25) is 0 Å². The van der Waals surface area contributed by atoms with Crippen molar-refractivity contribution in [3.05, 3.63) is 71.4 Å². The highest BCUT2D eigenvalue weighted by molar-refractivity contribution is 5.95. The number of allylic oxidation sites excluding steroid dienone is 1. The van der Waals surface area contributed by atoms with Crippen LogP contribution in [0.3, 0.4) is 0 Å². The number of benzene rings is 2. The molecule has 1 aromatic heterocycles. The van der Waals surface area contributed by atoms with Gasteiger partial charge in [-0.2, -0.15) is 0 Å². The summed E-state index contributed by atoms with van der Waals surface area (Å²) < 4.78 is 0. The number of hydrogen-bond acceptors (Lipinski definition) is 1. The third-order valence-corrected chi connectivity index (χ3v) is 6.39. The lowest BCUT2D eigenvalue weighted by molar-refractivity contribution is 0.238. The smallest absolute Gasteiger partial charge is 0.0608 e. The molecule has 2 N–H and O–H groups in total. The van der Waals surface area contributed by atoms with E-state index in [1.54, 1.807) is 0 Å². The Balaban J connectivity index is 1.72. The number of aromatic amines is 1. The Morgan fingerprint density at radius 3 is 2.54 bits per heavy atom. The van der Waals surface area contributed by atoms with Crippen molar-refractivity contribution in [2.24, 2.45) is 5.41 Å². The molecule has 3 aromatic rings. The Morgan fingerprint density at radius 1 is 0.962 bits per heavy atom. The number of anilines is 1. The Labute approximate surface area is 155 Å². The summed E-state index contributed by atoms with van der Waals surface area (Å²) >= 11 is 0. The molecular weight excluding hydrogens is 316 g/mol. The van der Waals surface area contributed by atoms with Crippen molar-refractivity contribution >= 4 is 22.2 Å². The fourth-order valence-corrected chi connectivity index (χ4v) is 5.76. The second kappa shape index (κ2) is 5.03. The molecule has 1 aliphatic carbocycles. The lowest BCUT2D eigenvalue weighted by atomic mass is 9.60. The fourth-order valence-electron chi connectivity index (χ4n) is 5.76. The molecule has 0 unspecified atom stereocenters. The Kier molecular flexibility index (Phi) is 3.05.